The van der Waals surface area contributed by atoms with Crippen molar-refractivity contribution in [2.75, 3.05) is 32.8 Å². The third-order valence-electron chi connectivity index (χ3n) is 7.76. The van der Waals surface area contributed by atoms with Crippen molar-refractivity contribution in [3.8, 4) is 5.75 Å². The van der Waals surface area contributed by atoms with Crippen LogP contribution in [0.1, 0.15) is 46.5 Å². The molecule has 3 N–H and O–H groups in total. The first-order chi connectivity index (χ1) is 19.8. The van der Waals surface area contributed by atoms with Gasteiger partial charge in [-0.15, -0.1) is 0 Å². The molecule has 2 aromatic carbocycles. The molecule has 3 aromatic rings. The largest absolute Gasteiger partial charge is 0.490 e. The number of hydrogen-bond acceptors (Lipinski definition) is 4. The number of benzene rings is 2. The Hall–Kier alpha value is -3.23. The number of rotatable bonds is 9. The van der Waals surface area contributed by atoms with E-state index in [1.54, 1.807) is 6.08 Å². The summed E-state index contributed by atoms with van der Waals surface area (Å²) in [5, 5.41) is 16.0. The number of para-hydroxylation sites is 1. The fraction of sp³-hybridized carbons (Fsp3) is 0.455. The summed E-state index contributed by atoms with van der Waals surface area (Å²) in [5.74, 6) is 1.16. The zero-order valence-electron chi connectivity index (χ0n) is 24.2. The van der Waals surface area contributed by atoms with Gasteiger partial charge in [-0.25, -0.2) is 0 Å². The monoisotopic (exact) mass is 569 g/mol. The minimum atomic E-state index is -4.35. The van der Waals surface area contributed by atoms with Crippen LogP contribution in [-0.4, -0.2) is 60.1 Å². The first-order valence-corrected chi connectivity index (χ1v) is 14.8. The van der Waals surface area contributed by atoms with Crippen LogP contribution in [0.2, 0.25) is 0 Å². The number of aromatic amines is 1. The molecule has 1 aromatic heterocycles. The van der Waals surface area contributed by atoms with E-state index in [1.807, 2.05) is 57.2 Å². The van der Waals surface area contributed by atoms with Crippen molar-refractivity contribution in [3.05, 3.63) is 77.5 Å². The van der Waals surface area contributed by atoms with Gasteiger partial charge in [0.25, 0.3) is 0 Å². The summed E-state index contributed by atoms with van der Waals surface area (Å²) in [4.78, 5) is 5.51. The highest BCUT2D eigenvalue weighted by Crippen LogP contribution is 2.35. The van der Waals surface area contributed by atoms with Gasteiger partial charge in [0, 0.05) is 41.6 Å². The number of allylic oxidation sites excluding steroid dienone is 5. The lowest BCUT2D eigenvalue weighted by Crippen LogP contribution is -2.39. The number of fused-ring (bicyclic) bond motifs is 3. The van der Waals surface area contributed by atoms with Gasteiger partial charge in [0.1, 0.15) is 18.5 Å². The number of aliphatic hydroxyl groups is 1. The molecular formula is C33H42F3N3O2. The van der Waals surface area contributed by atoms with Gasteiger partial charge in [-0.1, -0.05) is 57.2 Å². The first kappa shape index (κ1) is 30.7. The van der Waals surface area contributed by atoms with Gasteiger partial charge in [-0.05, 0) is 68.0 Å². The smallest absolute Gasteiger partial charge is 0.416 e. The molecule has 1 saturated heterocycles. The Bertz CT molecular complexity index is 1380. The number of nitrogens with one attached hydrogen (secondary N) is 2. The van der Waals surface area contributed by atoms with Crippen molar-refractivity contribution >= 4 is 21.8 Å². The van der Waals surface area contributed by atoms with Crippen molar-refractivity contribution < 1.29 is 23.0 Å². The van der Waals surface area contributed by atoms with Gasteiger partial charge in [-0.3, -0.25) is 0 Å². The molecule has 2 aliphatic rings. The Morgan fingerprint density at radius 3 is 2.54 bits per heavy atom. The maximum absolute atomic E-state index is 13.4. The predicted molar refractivity (Wildman–Crippen MR) is 161 cm³/mol. The lowest BCUT2D eigenvalue weighted by molar-refractivity contribution is -0.0883. The summed E-state index contributed by atoms with van der Waals surface area (Å²) < 4.78 is 46.3. The molecule has 1 aliphatic carbocycles. The van der Waals surface area contributed by atoms with Crippen LogP contribution in [0, 0.1) is 5.92 Å². The minimum Gasteiger partial charge on any atom is -0.490 e. The normalized spacial score (nSPS) is 17.3. The zero-order valence-corrected chi connectivity index (χ0v) is 24.2. The van der Waals surface area contributed by atoms with E-state index in [1.165, 1.54) is 12.2 Å². The van der Waals surface area contributed by atoms with E-state index in [9.17, 15) is 18.3 Å². The Morgan fingerprint density at radius 1 is 1.07 bits per heavy atom. The lowest BCUT2D eigenvalue weighted by atomic mass is 9.95. The number of ether oxygens (including phenoxy) is 1. The molecule has 1 fully saturated rings. The Kier molecular flexibility index (Phi) is 10.6. The van der Waals surface area contributed by atoms with Crippen LogP contribution in [-0.2, 0) is 0 Å². The molecule has 0 bridgehead atoms. The van der Waals surface area contributed by atoms with Crippen molar-refractivity contribution in [2.24, 2.45) is 5.92 Å². The molecule has 222 valence electrons. The van der Waals surface area contributed by atoms with Gasteiger partial charge in [0.2, 0.25) is 0 Å². The van der Waals surface area contributed by atoms with E-state index < -0.39 is 17.9 Å². The molecule has 0 radical (unpaired) electrons. The molecule has 1 aliphatic heterocycles. The number of likely N-dealkylation sites (tertiary alicyclic amines) is 1. The van der Waals surface area contributed by atoms with E-state index in [2.05, 4.69) is 21.3 Å². The van der Waals surface area contributed by atoms with Crippen LogP contribution >= 0.6 is 0 Å². The molecule has 5 rings (SSSR count). The fourth-order valence-electron chi connectivity index (χ4n) is 5.61. The molecule has 2 heterocycles. The number of halogens is 3. The Balaban J connectivity index is 0.00000189. The molecule has 1 unspecified atom stereocenters. The third-order valence-corrected chi connectivity index (χ3v) is 7.76. The molecule has 8 heteroatoms. The van der Waals surface area contributed by atoms with Crippen molar-refractivity contribution in [3.63, 3.8) is 0 Å². The molecule has 1 atom stereocenters. The van der Waals surface area contributed by atoms with Crippen LogP contribution < -0.4 is 10.1 Å². The molecule has 0 amide bonds. The van der Waals surface area contributed by atoms with E-state index in [0.29, 0.717) is 18.9 Å². The highest BCUT2D eigenvalue weighted by atomic mass is 19.4. The lowest BCUT2D eigenvalue weighted by Gasteiger charge is -2.36. The molecule has 0 spiro atoms. The number of aliphatic hydroxyl groups excluding tert-OH is 1. The summed E-state index contributed by atoms with van der Waals surface area (Å²) >= 11 is 0. The van der Waals surface area contributed by atoms with E-state index in [0.717, 1.165) is 77.7 Å². The number of piperidine rings is 1. The number of aromatic nitrogens is 1. The van der Waals surface area contributed by atoms with E-state index in [4.69, 9.17) is 4.74 Å². The van der Waals surface area contributed by atoms with Crippen LogP contribution in [0.25, 0.3) is 21.8 Å². The van der Waals surface area contributed by atoms with Crippen molar-refractivity contribution in [1.29, 1.82) is 0 Å². The van der Waals surface area contributed by atoms with Crippen LogP contribution in [0.5, 0.6) is 5.75 Å². The highest BCUT2D eigenvalue weighted by Gasteiger charge is 2.33. The summed E-state index contributed by atoms with van der Waals surface area (Å²) in [7, 11) is 0. The quantitative estimate of drug-likeness (QED) is 0.250. The second kappa shape index (κ2) is 14.1. The van der Waals surface area contributed by atoms with Gasteiger partial charge in [-0.2, -0.15) is 13.2 Å². The van der Waals surface area contributed by atoms with Crippen molar-refractivity contribution in [1.82, 2.24) is 15.2 Å². The second-order valence-corrected chi connectivity index (χ2v) is 10.4. The molecule has 0 saturated carbocycles. The topological polar surface area (TPSA) is 60.5 Å². The molecule has 5 nitrogen and oxygen atoms in total. The maximum atomic E-state index is 13.4. The van der Waals surface area contributed by atoms with E-state index >= 15 is 0 Å². The number of nitrogens with zero attached hydrogens (tertiary/aromatic N) is 1. The Morgan fingerprint density at radius 2 is 1.80 bits per heavy atom. The van der Waals surface area contributed by atoms with Gasteiger partial charge in [0.05, 0.1) is 11.1 Å². The summed E-state index contributed by atoms with van der Waals surface area (Å²) in [6.45, 7) is 8.81. The zero-order chi connectivity index (χ0) is 29.4. The van der Waals surface area contributed by atoms with Crippen LogP contribution in [0.15, 0.2) is 77.5 Å². The predicted octanol–water partition coefficient (Wildman–Crippen LogP) is 7.50. The van der Waals surface area contributed by atoms with Crippen LogP contribution in [0.3, 0.4) is 0 Å². The van der Waals surface area contributed by atoms with Gasteiger partial charge >= 0.3 is 6.18 Å². The van der Waals surface area contributed by atoms with Gasteiger partial charge < -0.3 is 25.0 Å². The average Bonchev–Trinajstić information content (AvgIpc) is 3.21. The fourth-order valence-corrected chi connectivity index (χ4v) is 5.61. The van der Waals surface area contributed by atoms with Crippen molar-refractivity contribution in [2.45, 2.75) is 58.7 Å². The number of hydrogen-bond donors (Lipinski definition) is 3. The summed E-state index contributed by atoms with van der Waals surface area (Å²) in [6, 6.07) is 14.0. The minimum absolute atomic E-state index is 0.180. The standard InChI is InChI=1S/C31H36F3N3O2.C2H6/c1-2-22-7-5-8-23(31(32,33)34)17-28(22)37-15-13-21(14-16-37)18-35-19-24(38)20-39-29-12-6-11-27-30(29)25-9-3-4-10-26(25)36-27;1-2/h3-6,8-12,17,21,24,35-36,38H,2,7,13-16,18-20H2,1H3;1-2H3. The SMILES string of the molecule is CC.CCC1=C(N2CCC(CNCC(O)COc3cccc4[nH]c5ccccc5c34)CC2)C=C(C(F)(F)F)C=CC1. The third kappa shape index (κ3) is 7.54. The van der Waals surface area contributed by atoms with Crippen LogP contribution in [0.4, 0.5) is 13.2 Å². The average molecular weight is 570 g/mol. The summed E-state index contributed by atoms with van der Waals surface area (Å²) in [5.41, 5.74) is 3.25. The Labute approximate surface area is 240 Å². The highest BCUT2D eigenvalue weighted by molar-refractivity contribution is 6.10. The maximum Gasteiger partial charge on any atom is 0.416 e. The number of alkyl halides is 3. The summed E-state index contributed by atoms with van der Waals surface area (Å²) in [6.07, 6.45) is 2.22. The van der Waals surface area contributed by atoms with Gasteiger partial charge in [0.15, 0.2) is 0 Å². The molecule has 41 heavy (non-hydrogen) atoms. The first-order valence-electron chi connectivity index (χ1n) is 14.8. The second-order valence-electron chi connectivity index (χ2n) is 10.4. The van der Waals surface area contributed by atoms with E-state index in [-0.39, 0.29) is 6.61 Å². The molecular weight excluding hydrogens is 527 g/mol. The number of H-pyrrole nitrogens is 1.